The van der Waals surface area contributed by atoms with E-state index < -0.39 is 23.8 Å². The van der Waals surface area contributed by atoms with E-state index in [1.807, 2.05) is 4.98 Å². The Kier molecular flexibility index (Phi) is 2.48. The number of carboxylic acid groups (broad SMARTS) is 1. The molecule has 1 heterocycles. The molecular formula is C6H6N3O4-. The van der Waals surface area contributed by atoms with E-state index in [-0.39, 0.29) is 5.69 Å². The average Bonchev–Trinajstić information content (AvgIpc) is 2.02. The van der Waals surface area contributed by atoms with E-state index in [2.05, 4.69) is 10.3 Å². The van der Waals surface area contributed by atoms with E-state index in [4.69, 9.17) is 0 Å². The van der Waals surface area contributed by atoms with Crippen LogP contribution in [-0.2, 0) is 4.79 Å². The molecule has 0 aromatic carbocycles. The summed E-state index contributed by atoms with van der Waals surface area (Å²) in [5.74, 6) is -1.34. The maximum Gasteiger partial charge on any atom is 0.325 e. The molecule has 0 aliphatic carbocycles. The number of aromatic nitrogens is 2. The molecule has 0 radical (unpaired) electrons. The molecule has 0 fully saturated rings. The molecule has 0 aliphatic rings. The molecule has 70 valence electrons. The Bertz CT molecular complexity index is 418. The van der Waals surface area contributed by atoms with Crippen molar-refractivity contribution in [3.63, 3.8) is 0 Å². The maximum absolute atomic E-state index is 10.9. The van der Waals surface area contributed by atoms with Crippen molar-refractivity contribution in [3.8, 4) is 0 Å². The highest BCUT2D eigenvalue weighted by Gasteiger charge is 1.97. The second kappa shape index (κ2) is 3.57. The zero-order chi connectivity index (χ0) is 9.84. The van der Waals surface area contributed by atoms with Crippen molar-refractivity contribution in [2.45, 2.75) is 0 Å². The summed E-state index contributed by atoms with van der Waals surface area (Å²) >= 11 is 0. The van der Waals surface area contributed by atoms with Gasteiger partial charge in [-0.15, -0.1) is 0 Å². The molecule has 13 heavy (non-hydrogen) atoms. The summed E-state index contributed by atoms with van der Waals surface area (Å²) in [4.78, 5) is 35.5. The van der Waals surface area contributed by atoms with Crippen LogP contribution in [-0.4, -0.2) is 22.5 Å². The van der Waals surface area contributed by atoms with Gasteiger partial charge in [0.15, 0.2) is 0 Å². The average molecular weight is 184 g/mol. The number of hydrogen-bond acceptors (Lipinski definition) is 5. The van der Waals surface area contributed by atoms with E-state index in [1.54, 1.807) is 0 Å². The zero-order valence-corrected chi connectivity index (χ0v) is 6.42. The van der Waals surface area contributed by atoms with Crippen LogP contribution in [0.2, 0.25) is 0 Å². The molecule has 1 rings (SSSR count). The maximum atomic E-state index is 10.9. The van der Waals surface area contributed by atoms with Crippen LogP contribution in [0.5, 0.6) is 0 Å². The van der Waals surface area contributed by atoms with Gasteiger partial charge in [-0.05, 0) is 0 Å². The quantitative estimate of drug-likeness (QED) is 0.469. The fourth-order valence-electron chi connectivity index (χ4n) is 0.708. The molecule has 0 saturated heterocycles. The minimum atomic E-state index is -1.34. The normalized spacial score (nSPS) is 9.54. The number of H-pyrrole nitrogens is 2. The second-order valence-electron chi connectivity index (χ2n) is 2.21. The second-order valence-corrected chi connectivity index (χ2v) is 2.21. The number of rotatable bonds is 3. The first-order valence-electron chi connectivity index (χ1n) is 3.35. The Balaban J connectivity index is 2.84. The molecular weight excluding hydrogens is 178 g/mol. The largest absolute Gasteiger partial charge is 0.548 e. The molecule has 0 amide bonds. The molecule has 0 unspecified atom stereocenters. The Morgan fingerprint density at radius 2 is 2.23 bits per heavy atom. The topological polar surface area (TPSA) is 118 Å². The van der Waals surface area contributed by atoms with Crippen LogP contribution in [0.3, 0.4) is 0 Å². The standard InChI is InChI=1S/C6H7N3O4/c10-4(11)2-7-3-1-8-6(13)9-5(3)12/h1,7H,2H2,(H,10,11)(H2,8,9,12,13)/p-1. The van der Waals surface area contributed by atoms with Gasteiger partial charge in [-0.3, -0.25) is 9.78 Å². The summed E-state index contributed by atoms with van der Waals surface area (Å²) in [5, 5.41) is 12.3. The third-order valence-corrected chi connectivity index (χ3v) is 1.24. The molecule has 0 bridgehead atoms. The first-order chi connectivity index (χ1) is 6.09. The number of anilines is 1. The number of hydrogen-bond donors (Lipinski definition) is 3. The summed E-state index contributed by atoms with van der Waals surface area (Å²) in [5.41, 5.74) is -1.35. The predicted octanol–water partition coefficient (Wildman–Crippen LogP) is -2.78. The third-order valence-electron chi connectivity index (χ3n) is 1.24. The number of aromatic amines is 2. The number of carbonyl (C=O) groups is 1. The zero-order valence-electron chi connectivity index (χ0n) is 6.42. The van der Waals surface area contributed by atoms with Crippen molar-refractivity contribution in [3.05, 3.63) is 27.0 Å². The van der Waals surface area contributed by atoms with E-state index in [0.717, 1.165) is 6.20 Å². The van der Waals surface area contributed by atoms with Gasteiger partial charge < -0.3 is 20.2 Å². The fraction of sp³-hybridized carbons (Fsp3) is 0.167. The van der Waals surface area contributed by atoms with Gasteiger partial charge in [-0.2, -0.15) is 0 Å². The van der Waals surface area contributed by atoms with Crippen LogP contribution in [0.4, 0.5) is 5.69 Å². The van der Waals surface area contributed by atoms with Gasteiger partial charge >= 0.3 is 5.69 Å². The van der Waals surface area contributed by atoms with Gasteiger partial charge in [-0.1, -0.05) is 0 Å². The van der Waals surface area contributed by atoms with Gasteiger partial charge in [0.1, 0.15) is 5.69 Å². The van der Waals surface area contributed by atoms with Gasteiger partial charge in [0, 0.05) is 6.20 Å². The molecule has 0 spiro atoms. The van der Waals surface area contributed by atoms with Crippen molar-refractivity contribution in [1.82, 2.24) is 9.97 Å². The number of aliphatic carboxylic acids is 1. The first-order valence-corrected chi connectivity index (χ1v) is 3.35. The van der Waals surface area contributed by atoms with Crippen molar-refractivity contribution in [2.75, 3.05) is 11.9 Å². The Morgan fingerprint density at radius 1 is 1.54 bits per heavy atom. The van der Waals surface area contributed by atoms with Gasteiger partial charge in [0.25, 0.3) is 5.56 Å². The molecule has 7 heteroatoms. The van der Waals surface area contributed by atoms with Crippen LogP contribution < -0.4 is 21.7 Å². The Morgan fingerprint density at radius 3 is 2.77 bits per heavy atom. The summed E-state index contributed by atoms with van der Waals surface area (Å²) in [6.07, 6.45) is 1.09. The predicted molar refractivity (Wildman–Crippen MR) is 41.2 cm³/mol. The van der Waals surface area contributed by atoms with Crippen LogP contribution >= 0.6 is 0 Å². The van der Waals surface area contributed by atoms with Crippen LogP contribution in [0.15, 0.2) is 15.8 Å². The van der Waals surface area contributed by atoms with Crippen LogP contribution in [0, 0.1) is 0 Å². The summed E-state index contributed by atoms with van der Waals surface area (Å²) in [6.45, 7) is -0.491. The Labute approximate surface area is 71.4 Å². The summed E-state index contributed by atoms with van der Waals surface area (Å²) in [7, 11) is 0. The highest BCUT2D eigenvalue weighted by atomic mass is 16.4. The highest BCUT2D eigenvalue weighted by Crippen LogP contribution is 1.89. The lowest BCUT2D eigenvalue weighted by atomic mass is 10.5. The lowest BCUT2D eigenvalue weighted by Gasteiger charge is -2.04. The van der Waals surface area contributed by atoms with Crippen molar-refractivity contribution in [1.29, 1.82) is 0 Å². The van der Waals surface area contributed by atoms with Crippen molar-refractivity contribution < 1.29 is 9.90 Å². The van der Waals surface area contributed by atoms with Crippen molar-refractivity contribution >= 4 is 11.7 Å². The molecule has 0 saturated carbocycles. The summed E-state index contributed by atoms with van der Waals surface area (Å²) in [6, 6.07) is 0. The van der Waals surface area contributed by atoms with Gasteiger partial charge in [-0.25, -0.2) is 4.79 Å². The highest BCUT2D eigenvalue weighted by molar-refractivity contribution is 5.70. The third kappa shape index (κ3) is 2.47. The number of carboxylic acids is 1. The van der Waals surface area contributed by atoms with Crippen LogP contribution in [0.1, 0.15) is 0 Å². The lowest BCUT2D eigenvalue weighted by molar-refractivity contribution is -0.302. The molecule has 3 N–H and O–H groups in total. The van der Waals surface area contributed by atoms with E-state index >= 15 is 0 Å². The minimum Gasteiger partial charge on any atom is -0.548 e. The van der Waals surface area contributed by atoms with Crippen molar-refractivity contribution in [2.24, 2.45) is 0 Å². The SMILES string of the molecule is O=C([O-])CNc1c[nH]c(=O)[nH]c1=O. The number of nitrogens with one attached hydrogen (secondary N) is 3. The monoisotopic (exact) mass is 184 g/mol. The number of carbonyl (C=O) groups excluding carboxylic acids is 1. The lowest BCUT2D eigenvalue weighted by Crippen LogP contribution is -2.32. The van der Waals surface area contributed by atoms with Crippen LogP contribution in [0.25, 0.3) is 0 Å². The van der Waals surface area contributed by atoms with Gasteiger partial charge in [0.05, 0.1) is 12.5 Å². The van der Waals surface area contributed by atoms with E-state index in [0.29, 0.717) is 0 Å². The smallest absolute Gasteiger partial charge is 0.325 e. The fourth-order valence-corrected chi connectivity index (χ4v) is 0.708. The Hall–Kier alpha value is -2.05. The first kappa shape index (κ1) is 9.04. The van der Waals surface area contributed by atoms with Gasteiger partial charge in [0.2, 0.25) is 0 Å². The van der Waals surface area contributed by atoms with E-state index in [1.165, 1.54) is 0 Å². The molecule has 0 atom stereocenters. The minimum absolute atomic E-state index is 0.0243. The molecule has 1 aromatic rings. The molecule has 0 aliphatic heterocycles. The molecule has 1 aromatic heterocycles. The summed E-state index contributed by atoms with van der Waals surface area (Å²) < 4.78 is 0. The molecule has 7 nitrogen and oxygen atoms in total. The van der Waals surface area contributed by atoms with E-state index in [9.17, 15) is 19.5 Å².